The van der Waals surface area contributed by atoms with Crippen molar-refractivity contribution >= 4 is 0 Å². The van der Waals surface area contributed by atoms with Crippen molar-refractivity contribution in [2.45, 2.75) is 45.6 Å². The lowest BCUT2D eigenvalue weighted by Crippen LogP contribution is -2.33. The lowest BCUT2D eigenvalue weighted by atomic mass is 10.1. The van der Waals surface area contributed by atoms with Gasteiger partial charge in [-0.25, -0.2) is 0 Å². The van der Waals surface area contributed by atoms with E-state index in [2.05, 4.69) is 19.2 Å². The standard InChI is InChI=1S/C12H20NO/c1-3-7-11(8-4-2)13-12-9-5-6-10-14-12/h5-6,9-11,13H,3-4,7-8H2,1-2H3. The van der Waals surface area contributed by atoms with Crippen LogP contribution in [-0.2, 0) is 4.74 Å². The van der Waals surface area contributed by atoms with Crippen LogP contribution in [0.4, 0.5) is 0 Å². The van der Waals surface area contributed by atoms with E-state index in [1.165, 1.54) is 25.7 Å². The minimum absolute atomic E-state index is 0.552. The summed E-state index contributed by atoms with van der Waals surface area (Å²) in [5.41, 5.74) is 0. The summed E-state index contributed by atoms with van der Waals surface area (Å²) in [6.07, 6.45) is 13.3. The van der Waals surface area contributed by atoms with Gasteiger partial charge in [-0.3, -0.25) is 5.32 Å². The topological polar surface area (TPSA) is 21.3 Å². The average Bonchev–Trinajstić information content (AvgIpc) is 2.20. The van der Waals surface area contributed by atoms with E-state index >= 15 is 0 Å². The normalized spacial score (nSPS) is 16.2. The molecule has 2 heteroatoms. The van der Waals surface area contributed by atoms with Gasteiger partial charge < -0.3 is 4.74 Å². The molecule has 0 bridgehead atoms. The van der Waals surface area contributed by atoms with Crippen molar-refractivity contribution in [2.24, 2.45) is 0 Å². The van der Waals surface area contributed by atoms with Gasteiger partial charge in [-0.15, -0.1) is 0 Å². The lowest BCUT2D eigenvalue weighted by molar-refractivity contribution is 0.225. The SMILES string of the molecule is CCCC(CCC)N[C]1C=CC=CO1. The van der Waals surface area contributed by atoms with Gasteiger partial charge in [0.15, 0.2) is 0 Å². The Morgan fingerprint density at radius 3 is 2.43 bits per heavy atom. The van der Waals surface area contributed by atoms with E-state index in [1.807, 2.05) is 18.2 Å². The molecule has 0 unspecified atom stereocenters. The summed E-state index contributed by atoms with van der Waals surface area (Å²) in [5.74, 6) is 0. The first-order valence-electron chi connectivity index (χ1n) is 5.50. The molecule has 0 aromatic carbocycles. The Labute approximate surface area is 87.0 Å². The fourth-order valence-electron chi connectivity index (χ4n) is 1.61. The van der Waals surface area contributed by atoms with Crippen molar-refractivity contribution in [1.82, 2.24) is 5.32 Å². The molecule has 0 amide bonds. The van der Waals surface area contributed by atoms with E-state index < -0.39 is 0 Å². The summed E-state index contributed by atoms with van der Waals surface area (Å²) in [7, 11) is 0. The van der Waals surface area contributed by atoms with E-state index in [1.54, 1.807) is 6.26 Å². The Morgan fingerprint density at radius 2 is 1.93 bits per heavy atom. The number of hydrogen-bond acceptors (Lipinski definition) is 2. The summed E-state index contributed by atoms with van der Waals surface area (Å²) in [6.45, 7) is 4.43. The van der Waals surface area contributed by atoms with Gasteiger partial charge in [-0.2, -0.15) is 0 Å². The van der Waals surface area contributed by atoms with Crippen LogP contribution in [-0.4, -0.2) is 6.04 Å². The molecule has 1 heterocycles. The minimum Gasteiger partial charge on any atom is -0.471 e. The van der Waals surface area contributed by atoms with E-state index in [0.29, 0.717) is 6.04 Å². The van der Waals surface area contributed by atoms with Crippen molar-refractivity contribution in [3.63, 3.8) is 0 Å². The maximum absolute atomic E-state index is 5.34. The molecule has 0 aliphatic carbocycles. The molecule has 0 atom stereocenters. The number of ether oxygens (including phenoxy) is 1. The molecule has 0 saturated heterocycles. The molecule has 1 aliphatic rings. The smallest absolute Gasteiger partial charge is 0.237 e. The van der Waals surface area contributed by atoms with Gasteiger partial charge in [-0.1, -0.05) is 32.8 Å². The zero-order chi connectivity index (χ0) is 10.2. The Hall–Kier alpha value is -0.760. The monoisotopic (exact) mass is 194 g/mol. The third-order valence-electron chi connectivity index (χ3n) is 2.25. The van der Waals surface area contributed by atoms with Crippen LogP contribution in [0.5, 0.6) is 0 Å². The largest absolute Gasteiger partial charge is 0.471 e. The first kappa shape index (κ1) is 11.3. The van der Waals surface area contributed by atoms with Crippen molar-refractivity contribution in [3.8, 4) is 0 Å². The summed E-state index contributed by atoms with van der Waals surface area (Å²) in [6, 6.07) is 0.552. The maximum Gasteiger partial charge on any atom is 0.237 e. The van der Waals surface area contributed by atoms with Crippen molar-refractivity contribution in [3.05, 3.63) is 30.7 Å². The Bertz CT molecular complexity index is 192. The van der Waals surface area contributed by atoms with Gasteiger partial charge in [-0.05, 0) is 25.0 Å². The number of rotatable bonds is 6. The molecule has 14 heavy (non-hydrogen) atoms. The van der Waals surface area contributed by atoms with Crippen LogP contribution in [0.2, 0.25) is 0 Å². The first-order chi connectivity index (χ1) is 6.86. The second-order valence-electron chi connectivity index (χ2n) is 3.59. The third-order valence-corrected chi connectivity index (χ3v) is 2.25. The molecule has 2 nitrogen and oxygen atoms in total. The first-order valence-corrected chi connectivity index (χ1v) is 5.50. The molecule has 1 N–H and O–H groups in total. The van der Waals surface area contributed by atoms with E-state index in [9.17, 15) is 0 Å². The van der Waals surface area contributed by atoms with Gasteiger partial charge in [0.25, 0.3) is 0 Å². The summed E-state index contributed by atoms with van der Waals surface area (Å²) in [4.78, 5) is 0. The quantitative estimate of drug-likeness (QED) is 0.701. The number of nitrogens with one attached hydrogen (secondary N) is 1. The van der Waals surface area contributed by atoms with Crippen LogP contribution in [0, 0.1) is 6.23 Å². The van der Waals surface area contributed by atoms with Crippen LogP contribution >= 0.6 is 0 Å². The zero-order valence-electron chi connectivity index (χ0n) is 9.12. The van der Waals surface area contributed by atoms with Crippen LogP contribution < -0.4 is 5.32 Å². The van der Waals surface area contributed by atoms with Gasteiger partial charge >= 0.3 is 0 Å². The Morgan fingerprint density at radius 1 is 1.21 bits per heavy atom. The summed E-state index contributed by atoms with van der Waals surface area (Å²) in [5, 5.41) is 3.41. The highest BCUT2D eigenvalue weighted by molar-refractivity contribution is 5.14. The van der Waals surface area contributed by atoms with Crippen molar-refractivity contribution < 1.29 is 4.74 Å². The molecule has 0 aromatic rings. The fraction of sp³-hybridized carbons (Fsp3) is 0.583. The molecule has 0 fully saturated rings. The van der Waals surface area contributed by atoms with Crippen LogP contribution in [0.15, 0.2) is 24.5 Å². The maximum atomic E-state index is 5.34. The van der Waals surface area contributed by atoms with Crippen LogP contribution in [0.3, 0.4) is 0 Å². The van der Waals surface area contributed by atoms with Gasteiger partial charge in [0.2, 0.25) is 6.23 Å². The summed E-state index contributed by atoms with van der Waals surface area (Å²) < 4.78 is 5.34. The van der Waals surface area contributed by atoms with E-state index in [4.69, 9.17) is 4.74 Å². The average molecular weight is 194 g/mol. The highest BCUT2D eigenvalue weighted by Crippen LogP contribution is 2.12. The summed E-state index contributed by atoms with van der Waals surface area (Å²) >= 11 is 0. The number of hydrogen-bond donors (Lipinski definition) is 1. The predicted molar refractivity (Wildman–Crippen MR) is 59.3 cm³/mol. The molecular formula is C12H20NO. The second kappa shape index (κ2) is 6.66. The molecule has 1 rings (SSSR count). The lowest BCUT2D eigenvalue weighted by Gasteiger charge is -2.22. The second-order valence-corrected chi connectivity index (χ2v) is 3.59. The molecule has 0 aromatic heterocycles. The molecule has 0 spiro atoms. The van der Waals surface area contributed by atoms with Crippen molar-refractivity contribution in [1.29, 1.82) is 0 Å². The molecule has 79 valence electrons. The van der Waals surface area contributed by atoms with Gasteiger partial charge in [0, 0.05) is 6.04 Å². The Balaban J connectivity index is 2.30. The Kier molecular flexibility index (Phi) is 5.38. The minimum atomic E-state index is 0.552. The van der Waals surface area contributed by atoms with Crippen LogP contribution in [0.25, 0.3) is 0 Å². The third kappa shape index (κ3) is 3.97. The van der Waals surface area contributed by atoms with Gasteiger partial charge in [0.1, 0.15) is 0 Å². The zero-order valence-corrected chi connectivity index (χ0v) is 9.12. The van der Waals surface area contributed by atoms with E-state index in [0.717, 1.165) is 6.23 Å². The van der Waals surface area contributed by atoms with E-state index in [-0.39, 0.29) is 0 Å². The highest BCUT2D eigenvalue weighted by atomic mass is 16.5. The van der Waals surface area contributed by atoms with Crippen molar-refractivity contribution in [2.75, 3.05) is 0 Å². The number of allylic oxidation sites excluding steroid dienone is 2. The molecular weight excluding hydrogens is 174 g/mol. The fourth-order valence-corrected chi connectivity index (χ4v) is 1.61. The molecule has 0 saturated carbocycles. The molecule has 1 aliphatic heterocycles. The van der Waals surface area contributed by atoms with Crippen LogP contribution in [0.1, 0.15) is 39.5 Å². The van der Waals surface area contributed by atoms with Gasteiger partial charge in [0.05, 0.1) is 6.26 Å². The highest BCUT2D eigenvalue weighted by Gasteiger charge is 2.14. The predicted octanol–water partition coefficient (Wildman–Crippen LogP) is 3.13. The molecule has 1 radical (unpaired) electrons.